The molecule has 0 aliphatic heterocycles. The van der Waals surface area contributed by atoms with Crippen LogP contribution in [-0.4, -0.2) is 12.1 Å². The Balaban J connectivity index is 4.10. The molecule has 0 bridgehead atoms. The molecule has 0 unspecified atom stereocenters. The molecule has 0 aliphatic carbocycles. The van der Waals surface area contributed by atoms with Crippen molar-refractivity contribution in [2.45, 2.75) is 25.4 Å². The largest absolute Gasteiger partial charge is 0.453 e. The summed E-state index contributed by atoms with van der Waals surface area (Å²) in [6.07, 6.45) is -5.80. The molecule has 0 aliphatic rings. The van der Waals surface area contributed by atoms with E-state index in [0.29, 0.717) is 0 Å². The zero-order valence-electron chi connectivity index (χ0n) is 5.17. The van der Waals surface area contributed by atoms with Crippen molar-refractivity contribution in [2.75, 3.05) is 0 Å². The van der Waals surface area contributed by atoms with E-state index in [2.05, 4.69) is 0 Å². The second kappa shape index (κ2) is 2.72. The van der Waals surface area contributed by atoms with Gasteiger partial charge < -0.3 is 0 Å². The van der Waals surface area contributed by atoms with Gasteiger partial charge in [-0.3, -0.25) is 0 Å². The van der Waals surface area contributed by atoms with Gasteiger partial charge in [-0.1, -0.05) is 6.92 Å². The van der Waals surface area contributed by atoms with E-state index in [0.717, 1.165) is 0 Å². The Kier molecular flexibility index (Phi) is 2.62. The Morgan fingerprint density at radius 2 is 1.50 bits per heavy atom. The third-order valence-corrected chi connectivity index (χ3v) is 0.838. The Bertz CT molecular complexity index is 103. The fourth-order valence-corrected chi connectivity index (χ4v) is 0.372. The van der Waals surface area contributed by atoms with Gasteiger partial charge in [0.15, 0.2) is 0 Å². The Morgan fingerprint density at radius 1 is 1.10 bits per heavy atom. The molecule has 0 atom stereocenters. The van der Waals surface area contributed by atoms with Crippen LogP contribution in [0, 0.1) is 6.42 Å². The van der Waals surface area contributed by atoms with E-state index in [-0.39, 0.29) is 12.8 Å². The summed E-state index contributed by atoms with van der Waals surface area (Å²) in [5.41, 5.74) is 0. The Labute approximate surface area is 55.0 Å². The fourth-order valence-electron chi connectivity index (χ4n) is 0.372. The average molecular weight is 161 g/mol. The maximum absolute atomic E-state index is 11.8. The van der Waals surface area contributed by atoms with Crippen molar-refractivity contribution in [3.8, 4) is 0 Å². The molecule has 1 radical (unpaired) electrons. The van der Waals surface area contributed by atoms with E-state index < -0.39 is 12.1 Å². The number of hydrogen-bond acceptors (Lipinski definition) is 0. The SMILES string of the molecule is CC[CH]C(F)(F)C(F)(F)F. The van der Waals surface area contributed by atoms with Crippen LogP contribution in [0.2, 0.25) is 0 Å². The molecule has 0 saturated heterocycles. The molecule has 0 aromatic carbocycles. The molecule has 0 amide bonds. The van der Waals surface area contributed by atoms with Crippen molar-refractivity contribution in [1.29, 1.82) is 0 Å². The zero-order valence-corrected chi connectivity index (χ0v) is 5.17. The number of halogens is 5. The number of rotatable bonds is 2. The van der Waals surface area contributed by atoms with Crippen LogP contribution in [0.15, 0.2) is 0 Å². The summed E-state index contributed by atoms with van der Waals surface area (Å²) in [6.45, 7) is 1.22. The monoisotopic (exact) mass is 161 g/mol. The molecule has 5 heteroatoms. The van der Waals surface area contributed by atoms with Crippen molar-refractivity contribution in [3.63, 3.8) is 0 Å². The van der Waals surface area contributed by atoms with Crippen LogP contribution >= 0.6 is 0 Å². The van der Waals surface area contributed by atoms with Gasteiger partial charge in [-0.15, -0.1) is 0 Å². The lowest BCUT2D eigenvalue weighted by atomic mass is 10.2. The minimum absolute atomic E-state index is 0.0625. The maximum atomic E-state index is 11.8. The van der Waals surface area contributed by atoms with Gasteiger partial charge in [0, 0.05) is 6.42 Å². The summed E-state index contributed by atoms with van der Waals surface area (Å²) in [5, 5.41) is 0. The van der Waals surface area contributed by atoms with Crippen LogP contribution in [0.5, 0.6) is 0 Å². The fraction of sp³-hybridized carbons (Fsp3) is 0.800. The molecule has 0 aromatic rings. The van der Waals surface area contributed by atoms with Crippen molar-refractivity contribution >= 4 is 0 Å². The first-order valence-electron chi connectivity index (χ1n) is 2.60. The van der Waals surface area contributed by atoms with E-state index in [1.165, 1.54) is 6.92 Å². The summed E-state index contributed by atoms with van der Waals surface area (Å²) in [7, 11) is 0. The topological polar surface area (TPSA) is 0 Å². The van der Waals surface area contributed by atoms with E-state index in [9.17, 15) is 22.0 Å². The number of alkyl halides is 5. The summed E-state index contributed by atoms with van der Waals surface area (Å²) in [4.78, 5) is 0. The molecule has 0 spiro atoms. The van der Waals surface area contributed by atoms with Gasteiger partial charge in [0.1, 0.15) is 0 Å². The summed E-state index contributed by atoms with van der Waals surface area (Å²) < 4.78 is 57.2. The predicted octanol–water partition coefficient (Wildman–Crippen LogP) is 2.80. The maximum Gasteiger partial charge on any atom is 0.453 e. The third kappa shape index (κ3) is 2.11. The second-order valence-electron chi connectivity index (χ2n) is 1.73. The van der Waals surface area contributed by atoms with Crippen LogP contribution in [0.1, 0.15) is 13.3 Å². The predicted molar refractivity (Wildman–Crippen MR) is 25.6 cm³/mol. The normalized spacial score (nSPS) is 13.8. The Hall–Kier alpha value is -0.350. The molecule has 0 saturated carbocycles. The first-order valence-corrected chi connectivity index (χ1v) is 2.60. The molecule has 61 valence electrons. The molecule has 10 heavy (non-hydrogen) atoms. The Morgan fingerprint density at radius 3 is 1.60 bits per heavy atom. The van der Waals surface area contributed by atoms with Gasteiger partial charge in [-0.05, 0) is 6.42 Å². The van der Waals surface area contributed by atoms with Gasteiger partial charge in [0.25, 0.3) is 0 Å². The number of hydrogen-bond donors (Lipinski definition) is 0. The van der Waals surface area contributed by atoms with Gasteiger partial charge in [0.2, 0.25) is 0 Å². The van der Waals surface area contributed by atoms with Crippen LogP contribution < -0.4 is 0 Å². The summed E-state index contributed by atoms with van der Waals surface area (Å²) >= 11 is 0. The lowest BCUT2D eigenvalue weighted by molar-refractivity contribution is -0.267. The lowest BCUT2D eigenvalue weighted by Gasteiger charge is -2.17. The molecule has 0 nitrogen and oxygen atoms in total. The van der Waals surface area contributed by atoms with Crippen molar-refractivity contribution in [1.82, 2.24) is 0 Å². The smallest absolute Gasteiger partial charge is 0.196 e. The minimum atomic E-state index is -5.44. The van der Waals surface area contributed by atoms with Gasteiger partial charge in [0.05, 0.1) is 0 Å². The van der Waals surface area contributed by atoms with Crippen molar-refractivity contribution in [3.05, 3.63) is 6.42 Å². The molecular formula is C5H6F5. The molecule has 0 fully saturated rings. The molecule has 0 N–H and O–H groups in total. The third-order valence-electron chi connectivity index (χ3n) is 0.838. The van der Waals surface area contributed by atoms with Crippen molar-refractivity contribution < 1.29 is 22.0 Å². The lowest BCUT2D eigenvalue weighted by Crippen LogP contribution is -2.36. The highest BCUT2D eigenvalue weighted by Gasteiger charge is 2.56. The van der Waals surface area contributed by atoms with E-state index >= 15 is 0 Å². The van der Waals surface area contributed by atoms with Crippen LogP contribution in [-0.2, 0) is 0 Å². The molecule has 0 heterocycles. The van der Waals surface area contributed by atoms with Gasteiger partial charge >= 0.3 is 12.1 Å². The average Bonchev–Trinajstić information content (AvgIpc) is 1.61. The van der Waals surface area contributed by atoms with E-state index in [1.54, 1.807) is 0 Å². The minimum Gasteiger partial charge on any atom is -0.196 e. The molecule has 0 rings (SSSR count). The highest BCUT2D eigenvalue weighted by molar-refractivity contribution is 4.89. The standard InChI is InChI=1S/C5H6F5/c1-2-3-4(6,7)5(8,9)10/h3H,2H2,1H3. The first-order chi connectivity index (χ1) is 4.31. The van der Waals surface area contributed by atoms with Crippen molar-refractivity contribution in [2.24, 2.45) is 0 Å². The van der Waals surface area contributed by atoms with Crippen LogP contribution in [0.3, 0.4) is 0 Å². The summed E-state index contributed by atoms with van der Waals surface area (Å²) in [5.74, 6) is -4.64. The highest BCUT2D eigenvalue weighted by Crippen LogP contribution is 2.37. The van der Waals surface area contributed by atoms with Crippen LogP contribution in [0.4, 0.5) is 22.0 Å². The van der Waals surface area contributed by atoms with Gasteiger partial charge in [-0.25, -0.2) is 0 Å². The summed E-state index contributed by atoms with van der Waals surface area (Å²) in [6, 6.07) is 0. The van der Waals surface area contributed by atoms with E-state index in [1.807, 2.05) is 0 Å². The highest BCUT2D eigenvalue weighted by atomic mass is 19.4. The van der Waals surface area contributed by atoms with E-state index in [4.69, 9.17) is 0 Å². The molecular weight excluding hydrogens is 155 g/mol. The van der Waals surface area contributed by atoms with Gasteiger partial charge in [-0.2, -0.15) is 22.0 Å². The quantitative estimate of drug-likeness (QED) is 0.546. The van der Waals surface area contributed by atoms with Crippen LogP contribution in [0.25, 0.3) is 0 Å². The first kappa shape index (κ1) is 9.65. The molecule has 0 aromatic heterocycles. The second-order valence-corrected chi connectivity index (χ2v) is 1.73. The zero-order chi connectivity index (χ0) is 8.41.